The summed E-state index contributed by atoms with van der Waals surface area (Å²) in [5.41, 5.74) is 1.02. The van der Waals surface area contributed by atoms with Crippen molar-refractivity contribution in [1.82, 2.24) is 19.9 Å². The fourth-order valence-electron chi connectivity index (χ4n) is 2.77. The summed E-state index contributed by atoms with van der Waals surface area (Å²) in [5, 5.41) is 8.59. The van der Waals surface area contributed by atoms with Gasteiger partial charge >= 0.3 is 0 Å². The molecular formula is C16H19ClN4O2. The molecule has 0 radical (unpaired) electrons. The van der Waals surface area contributed by atoms with Crippen molar-refractivity contribution in [2.24, 2.45) is 0 Å². The second kappa shape index (κ2) is 7.10. The van der Waals surface area contributed by atoms with Gasteiger partial charge in [-0.3, -0.25) is 4.79 Å². The molecule has 2 aromatic rings. The zero-order valence-electron chi connectivity index (χ0n) is 13.0. The van der Waals surface area contributed by atoms with Crippen molar-refractivity contribution >= 4 is 17.5 Å². The minimum Gasteiger partial charge on any atom is -0.377 e. The number of hydrogen-bond donors (Lipinski definition) is 0. The molecule has 0 saturated carbocycles. The van der Waals surface area contributed by atoms with Gasteiger partial charge in [0.2, 0.25) is 0 Å². The minimum absolute atomic E-state index is 0.108. The van der Waals surface area contributed by atoms with Crippen LogP contribution < -0.4 is 0 Å². The van der Waals surface area contributed by atoms with Crippen LogP contribution in [0.15, 0.2) is 30.5 Å². The first-order valence-corrected chi connectivity index (χ1v) is 8.15. The molecule has 0 unspecified atom stereocenters. The van der Waals surface area contributed by atoms with Crippen LogP contribution in [-0.2, 0) is 4.74 Å². The number of likely N-dealkylation sites (tertiary alicyclic amines) is 1. The molecule has 0 aliphatic carbocycles. The number of rotatable bonds is 4. The molecule has 0 N–H and O–H groups in total. The molecule has 1 atom stereocenters. The van der Waals surface area contributed by atoms with E-state index in [1.165, 1.54) is 4.68 Å². The second-order valence-electron chi connectivity index (χ2n) is 5.47. The molecule has 3 rings (SSSR count). The average molecular weight is 335 g/mol. The van der Waals surface area contributed by atoms with Crippen molar-refractivity contribution < 1.29 is 9.53 Å². The van der Waals surface area contributed by atoms with Crippen LogP contribution in [0.1, 0.15) is 30.3 Å². The molecule has 1 amide bonds. The Morgan fingerprint density at radius 2 is 2.26 bits per heavy atom. The minimum atomic E-state index is -0.118. The van der Waals surface area contributed by atoms with E-state index in [2.05, 4.69) is 10.3 Å². The maximum absolute atomic E-state index is 12.6. The predicted octanol–water partition coefficient (Wildman–Crippen LogP) is 2.56. The predicted molar refractivity (Wildman–Crippen MR) is 86.9 cm³/mol. The van der Waals surface area contributed by atoms with Crippen LogP contribution in [0.3, 0.4) is 0 Å². The first-order chi connectivity index (χ1) is 11.2. The maximum Gasteiger partial charge on any atom is 0.276 e. The van der Waals surface area contributed by atoms with Crippen molar-refractivity contribution in [3.63, 3.8) is 0 Å². The van der Waals surface area contributed by atoms with Gasteiger partial charge in [-0.05, 0) is 31.9 Å². The molecule has 0 spiro atoms. The number of ether oxygens (including phenoxy) is 1. The van der Waals surface area contributed by atoms with Crippen LogP contribution in [0.4, 0.5) is 0 Å². The van der Waals surface area contributed by atoms with E-state index in [1.807, 2.05) is 25.1 Å². The number of para-hydroxylation sites is 1. The Morgan fingerprint density at radius 1 is 1.43 bits per heavy atom. The fourth-order valence-corrected chi connectivity index (χ4v) is 3.00. The number of halogens is 1. The molecule has 1 aromatic carbocycles. The number of amides is 1. The van der Waals surface area contributed by atoms with E-state index in [9.17, 15) is 4.79 Å². The molecule has 7 heteroatoms. The number of carbonyl (C=O) groups is 1. The number of nitrogens with zero attached hydrogens (tertiary/aromatic N) is 4. The fraction of sp³-hybridized carbons (Fsp3) is 0.438. The summed E-state index contributed by atoms with van der Waals surface area (Å²) >= 11 is 6.15. The van der Waals surface area contributed by atoms with Crippen LogP contribution in [0.2, 0.25) is 5.02 Å². The van der Waals surface area contributed by atoms with Crippen molar-refractivity contribution in [3.05, 3.63) is 41.2 Å². The highest BCUT2D eigenvalue weighted by atomic mass is 35.5. The van der Waals surface area contributed by atoms with Crippen molar-refractivity contribution in [2.45, 2.75) is 25.9 Å². The van der Waals surface area contributed by atoms with Crippen LogP contribution in [0.5, 0.6) is 0 Å². The molecule has 23 heavy (non-hydrogen) atoms. The lowest BCUT2D eigenvalue weighted by Gasteiger charge is -2.31. The average Bonchev–Trinajstić information content (AvgIpc) is 3.05. The van der Waals surface area contributed by atoms with E-state index in [1.54, 1.807) is 17.2 Å². The van der Waals surface area contributed by atoms with Crippen LogP contribution in [0, 0.1) is 0 Å². The zero-order valence-corrected chi connectivity index (χ0v) is 13.7. The molecule has 122 valence electrons. The molecule has 1 aromatic heterocycles. The second-order valence-corrected chi connectivity index (χ2v) is 5.88. The summed E-state index contributed by atoms with van der Waals surface area (Å²) < 4.78 is 7.16. The summed E-state index contributed by atoms with van der Waals surface area (Å²) in [6.07, 6.45) is 3.66. The molecule has 0 bridgehead atoms. The van der Waals surface area contributed by atoms with Gasteiger partial charge in [-0.2, -0.15) is 0 Å². The van der Waals surface area contributed by atoms with Gasteiger partial charge in [0, 0.05) is 19.7 Å². The number of hydrogen-bond acceptors (Lipinski definition) is 4. The Labute approximate surface area is 140 Å². The van der Waals surface area contributed by atoms with Crippen LogP contribution >= 0.6 is 11.6 Å². The van der Waals surface area contributed by atoms with E-state index in [-0.39, 0.29) is 12.0 Å². The third-order valence-corrected chi connectivity index (χ3v) is 4.20. The highest BCUT2D eigenvalue weighted by Gasteiger charge is 2.26. The van der Waals surface area contributed by atoms with Gasteiger partial charge in [-0.25, -0.2) is 4.68 Å². The number of benzene rings is 1. The highest BCUT2D eigenvalue weighted by Crippen LogP contribution is 2.20. The third kappa shape index (κ3) is 3.54. The lowest BCUT2D eigenvalue weighted by molar-refractivity contribution is 0.00703. The summed E-state index contributed by atoms with van der Waals surface area (Å²) in [7, 11) is 0. The SMILES string of the molecule is CCO[C@@H]1CCCN(C(=O)c2cn(-c3ccccc3Cl)nn2)C1. The Hall–Kier alpha value is -1.92. The molecule has 1 saturated heterocycles. The highest BCUT2D eigenvalue weighted by molar-refractivity contribution is 6.32. The summed E-state index contributed by atoms with van der Waals surface area (Å²) in [4.78, 5) is 14.4. The Kier molecular flexibility index (Phi) is 4.93. The van der Waals surface area contributed by atoms with E-state index in [0.29, 0.717) is 29.6 Å². The molecule has 2 heterocycles. The van der Waals surface area contributed by atoms with Gasteiger partial charge in [0.25, 0.3) is 5.91 Å². The Bertz CT molecular complexity index is 686. The summed E-state index contributed by atoms with van der Waals surface area (Å²) in [6.45, 7) is 3.96. The zero-order chi connectivity index (χ0) is 16.2. The lowest BCUT2D eigenvalue weighted by Crippen LogP contribution is -2.43. The largest absolute Gasteiger partial charge is 0.377 e. The first kappa shape index (κ1) is 16.0. The van der Waals surface area contributed by atoms with E-state index >= 15 is 0 Å². The molecule has 1 fully saturated rings. The van der Waals surface area contributed by atoms with Gasteiger partial charge in [-0.1, -0.05) is 28.9 Å². The molecule has 1 aliphatic rings. The molecular weight excluding hydrogens is 316 g/mol. The van der Waals surface area contributed by atoms with Crippen molar-refractivity contribution in [3.8, 4) is 5.69 Å². The summed E-state index contributed by atoms with van der Waals surface area (Å²) in [6, 6.07) is 7.31. The summed E-state index contributed by atoms with van der Waals surface area (Å²) in [5.74, 6) is -0.118. The quantitative estimate of drug-likeness (QED) is 0.862. The van der Waals surface area contributed by atoms with Gasteiger partial charge in [0.05, 0.1) is 23.0 Å². The first-order valence-electron chi connectivity index (χ1n) is 7.77. The topological polar surface area (TPSA) is 60.2 Å². The van der Waals surface area contributed by atoms with Crippen LogP contribution in [-0.4, -0.2) is 51.6 Å². The number of carbonyl (C=O) groups excluding carboxylic acids is 1. The molecule has 1 aliphatic heterocycles. The monoisotopic (exact) mass is 334 g/mol. The van der Waals surface area contributed by atoms with Gasteiger partial charge < -0.3 is 9.64 Å². The maximum atomic E-state index is 12.6. The molecule has 6 nitrogen and oxygen atoms in total. The number of piperidine rings is 1. The smallest absolute Gasteiger partial charge is 0.276 e. The standard InChI is InChI=1S/C16H19ClN4O2/c1-2-23-12-6-5-9-20(10-12)16(22)14-11-21(19-18-14)15-8-4-3-7-13(15)17/h3-4,7-8,11-12H,2,5-6,9-10H2,1H3/t12-/m1/s1. The van der Waals surface area contributed by atoms with Crippen molar-refractivity contribution in [1.29, 1.82) is 0 Å². The van der Waals surface area contributed by atoms with Crippen molar-refractivity contribution in [2.75, 3.05) is 19.7 Å². The van der Waals surface area contributed by atoms with E-state index in [0.717, 1.165) is 19.4 Å². The lowest BCUT2D eigenvalue weighted by atomic mass is 10.1. The number of aromatic nitrogens is 3. The van der Waals surface area contributed by atoms with E-state index in [4.69, 9.17) is 16.3 Å². The Balaban J connectivity index is 1.75. The van der Waals surface area contributed by atoms with Gasteiger partial charge in [0.1, 0.15) is 0 Å². The third-order valence-electron chi connectivity index (χ3n) is 3.88. The van der Waals surface area contributed by atoms with Crippen LogP contribution in [0.25, 0.3) is 5.69 Å². The van der Waals surface area contributed by atoms with Gasteiger partial charge in [-0.15, -0.1) is 5.10 Å². The van der Waals surface area contributed by atoms with E-state index < -0.39 is 0 Å². The van der Waals surface area contributed by atoms with Gasteiger partial charge in [0.15, 0.2) is 5.69 Å². The Morgan fingerprint density at radius 3 is 3.04 bits per heavy atom. The normalized spacial score (nSPS) is 18.2.